The number of nitrogens with two attached hydrogens (primary N) is 1. The number of rotatable bonds is 3. The maximum Gasteiger partial charge on any atom is 0.188 e. The molecule has 2 rings (SSSR count). The summed E-state index contributed by atoms with van der Waals surface area (Å²) >= 11 is 0. The van der Waals surface area contributed by atoms with Crippen LogP contribution in [0.4, 0.5) is 0 Å². The van der Waals surface area contributed by atoms with E-state index in [1.807, 2.05) is 0 Å². The molecule has 2 fully saturated rings. The van der Waals surface area contributed by atoms with E-state index in [1.165, 1.54) is 32.1 Å². The van der Waals surface area contributed by atoms with Gasteiger partial charge in [0.05, 0.1) is 0 Å². The Labute approximate surface area is 116 Å². The molecule has 0 heterocycles. The molecule has 94 valence electrons. The van der Waals surface area contributed by atoms with Crippen molar-refractivity contribution in [2.24, 2.45) is 22.1 Å². The van der Waals surface area contributed by atoms with Crippen molar-refractivity contribution in [3.8, 4) is 0 Å². The molecule has 0 aromatic rings. The molecule has 1 unspecified atom stereocenters. The second kappa shape index (κ2) is 5.56. The molecule has 2 aliphatic carbocycles. The zero-order valence-electron chi connectivity index (χ0n) is 10.3. The summed E-state index contributed by atoms with van der Waals surface area (Å²) in [6.45, 7) is 5.50. The minimum Gasteiger partial charge on any atom is -0.370 e. The van der Waals surface area contributed by atoms with Gasteiger partial charge in [0.25, 0.3) is 0 Å². The molecule has 0 spiro atoms. The van der Waals surface area contributed by atoms with Crippen molar-refractivity contribution in [3.63, 3.8) is 0 Å². The molecule has 1 atom stereocenters. The molecule has 0 bridgehead atoms. The van der Waals surface area contributed by atoms with Crippen LogP contribution in [0.1, 0.15) is 46.0 Å². The SMILES string of the molecule is CC1(C)CC1CN=C(N)NC1CCCC1.I. The minimum atomic E-state index is 0. The highest BCUT2D eigenvalue weighted by atomic mass is 127. The van der Waals surface area contributed by atoms with Gasteiger partial charge in [0, 0.05) is 12.6 Å². The smallest absolute Gasteiger partial charge is 0.188 e. The third-order valence-electron chi connectivity index (χ3n) is 3.91. The maximum absolute atomic E-state index is 5.86. The van der Waals surface area contributed by atoms with Gasteiger partial charge in [-0.15, -0.1) is 24.0 Å². The number of halogens is 1. The van der Waals surface area contributed by atoms with Crippen LogP contribution in [0.5, 0.6) is 0 Å². The van der Waals surface area contributed by atoms with Gasteiger partial charge in [-0.3, -0.25) is 4.99 Å². The molecule has 0 aromatic carbocycles. The van der Waals surface area contributed by atoms with Crippen LogP contribution in [-0.2, 0) is 0 Å². The van der Waals surface area contributed by atoms with E-state index in [1.54, 1.807) is 0 Å². The number of guanidine groups is 1. The molecule has 0 amide bonds. The van der Waals surface area contributed by atoms with E-state index >= 15 is 0 Å². The Morgan fingerprint density at radius 3 is 2.44 bits per heavy atom. The lowest BCUT2D eigenvalue weighted by atomic mass is 10.1. The topological polar surface area (TPSA) is 50.4 Å². The Kier molecular flexibility index (Phi) is 4.88. The van der Waals surface area contributed by atoms with Crippen LogP contribution in [0.25, 0.3) is 0 Å². The van der Waals surface area contributed by atoms with Gasteiger partial charge >= 0.3 is 0 Å². The number of aliphatic imine (C=N–C) groups is 1. The first-order valence-corrected chi connectivity index (χ1v) is 6.14. The van der Waals surface area contributed by atoms with Crippen LogP contribution in [0, 0.1) is 11.3 Å². The van der Waals surface area contributed by atoms with Crippen LogP contribution in [0.3, 0.4) is 0 Å². The highest BCUT2D eigenvalue weighted by molar-refractivity contribution is 14.0. The number of nitrogens with one attached hydrogen (secondary N) is 1. The highest BCUT2D eigenvalue weighted by Gasteiger charge is 2.45. The fourth-order valence-electron chi connectivity index (χ4n) is 2.42. The second-order valence-electron chi connectivity index (χ2n) is 5.74. The molecule has 0 aliphatic heterocycles. The first-order valence-electron chi connectivity index (χ1n) is 6.14. The van der Waals surface area contributed by atoms with Crippen molar-refractivity contribution in [1.82, 2.24) is 5.32 Å². The quantitative estimate of drug-likeness (QED) is 0.472. The van der Waals surface area contributed by atoms with Gasteiger partial charge in [-0.25, -0.2) is 0 Å². The number of hydrogen-bond acceptors (Lipinski definition) is 1. The van der Waals surface area contributed by atoms with Crippen molar-refractivity contribution in [3.05, 3.63) is 0 Å². The van der Waals surface area contributed by atoms with Crippen molar-refractivity contribution in [1.29, 1.82) is 0 Å². The Bertz CT molecular complexity index is 257. The Morgan fingerprint density at radius 1 is 1.38 bits per heavy atom. The van der Waals surface area contributed by atoms with Gasteiger partial charge in [0.15, 0.2) is 5.96 Å². The molecular formula is C12H24IN3. The van der Waals surface area contributed by atoms with Gasteiger partial charge in [-0.2, -0.15) is 0 Å². The first-order chi connectivity index (χ1) is 7.08. The second-order valence-corrected chi connectivity index (χ2v) is 5.74. The third-order valence-corrected chi connectivity index (χ3v) is 3.91. The lowest BCUT2D eigenvalue weighted by Gasteiger charge is -2.12. The standard InChI is InChI=1S/C12H23N3.HI/c1-12(2)7-9(12)8-14-11(13)15-10-5-3-4-6-10;/h9-10H,3-8H2,1-2H3,(H3,13,14,15);1H. The summed E-state index contributed by atoms with van der Waals surface area (Å²) in [5, 5.41) is 3.32. The summed E-state index contributed by atoms with van der Waals surface area (Å²) < 4.78 is 0. The summed E-state index contributed by atoms with van der Waals surface area (Å²) in [6, 6.07) is 0.584. The van der Waals surface area contributed by atoms with E-state index in [9.17, 15) is 0 Å². The summed E-state index contributed by atoms with van der Waals surface area (Å²) in [5.41, 5.74) is 6.37. The van der Waals surface area contributed by atoms with Crippen LogP contribution in [0.15, 0.2) is 4.99 Å². The van der Waals surface area contributed by atoms with E-state index in [0.29, 0.717) is 17.4 Å². The average molecular weight is 337 g/mol. The summed E-state index contributed by atoms with van der Waals surface area (Å²) in [4.78, 5) is 4.43. The largest absolute Gasteiger partial charge is 0.370 e. The Hall–Kier alpha value is 0. The molecule has 0 saturated heterocycles. The monoisotopic (exact) mass is 337 g/mol. The van der Waals surface area contributed by atoms with Crippen LogP contribution < -0.4 is 11.1 Å². The number of hydrogen-bond donors (Lipinski definition) is 2. The van der Waals surface area contributed by atoms with Gasteiger partial charge < -0.3 is 11.1 Å². The molecule has 2 aliphatic rings. The predicted molar refractivity (Wildman–Crippen MR) is 79.2 cm³/mol. The highest BCUT2D eigenvalue weighted by Crippen LogP contribution is 2.51. The fraction of sp³-hybridized carbons (Fsp3) is 0.917. The number of nitrogens with zero attached hydrogens (tertiary/aromatic N) is 1. The van der Waals surface area contributed by atoms with E-state index in [-0.39, 0.29) is 24.0 Å². The van der Waals surface area contributed by atoms with Crippen molar-refractivity contribution >= 4 is 29.9 Å². The average Bonchev–Trinajstić information content (AvgIpc) is 2.62. The molecule has 2 saturated carbocycles. The van der Waals surface area contributed by atoms with Gasteiger partial charge in [0.1, 0.15) is 0 Å². The van der Waals surface area contributed by atoms with Crippen LogP contribution in [0.2, 0.25) is 0 Å². The van der Waals surface area contributed by atoms with Gasteiger partial charge in [-0.05, 0) is 30.6 Å². The Morgan fingerprint density at radius 2 is 1.94 bits per heavy atom. The zero-order chi connectivity index (χ0) is 10.9. The summed E-state index contributed by atoms with van der Waals surface area (Å²) in [7, 11) is 0. The Balaban J connectivity index is 0.00000128. The van der Waals surface area contributed by atoms with Crippen molar-refractivity contribution in [2.45, 2.75) is 52.0 Å². The van der Waals surface area contributed by atoms with Gasteiger partial charge in [-0.1, -0.05) is 26.7 Å². The van der Waals surface area contributed by atoms with E-state index < -0.39 is 0 Å². The van der Waals surface area contributed by atoms with E-state index in [4.69, 9.17) is 5.73 Å². The molecular weight excluding hydrogens is 313 g/mol. The minimum absolute atomic E-state index is 0. The molecule has 16 heavy (non-hydrogen) atoms. The molecule has 4 heteroatoms. The maximum atomic E-state index is 5.86. The first kappa shape index (κ1) is 14.1. The predicted octanol–water partition coefficient (Wildman–Crippen LogP) is 2.50. The van der Waals surface area contributed by atoms with E-state index in [0.717, 1.165) is 12.5 Å². The third kappa shape index (κ3) is 3.79. The molecule has 3 N–H and O–H groups in total. The molecule has 0 radical (unpaired) electrons. The molecule has 3 nitrogen and oxygen atoms in total. The van der Waals surface area contributed by atoms with Crippen LogP contribution >= 0.6 is 24.0 Å². The fourth-order valence-corrected chi connectivity index (χ4v) is 2.42. The van der Waals surface area contributed by atoms with Crippen molar-refractivity contribution in [2.75, 3.05) is 6.54 Å². The lowest BCUT2D eigenvalue weighted by molar-refractivity contribution is 0.563. The lowest BCUT2D eigenvalue weighted by Crippen LogP contribution is -2.38. The van der Waals surface area contributed by atoms with E-state index in [2.05, 4.69) is 24.2 Å². The zero-order valence-corrected chi connectivity index (χ0v) is 12.7. The molecule has 0 aromatic heterocycles. The van der Waals surface area contributed by atoms with Gasteiger partial charge in [0.2, 0.25) is 0 Å². The van der Waals surface area contributed by atoms with Crippen molar-refractivity contribution < 1.29 is 0 Å². The summed E-state index contributed by atoms with van der Waals surface area (Å²) in [6.07, 6.45) is 6.48. The summed E-state index contributed by atoms with van der Waals surface area (Å²) in [5.74, 6) is 1.41. The normalized spacial score (nSPS) is 28.6. The van der Waals surface area contributed by atoms with Crippen LogP contribution in [-0.4, -0.2) is 18.5 Å².